The molecule has 0 radical (unpaired) electrons. The smallest absolute Gasteiger partial charge is 0.241 e. The van der Waals surface area contributed by atoms with Crippen molar-refractivity contribution >= 4 is 23.5 Å². The topological polar surface area (TPSA) is 81.7 Å². The van der Waals surface area contributed by atoms with E-state index in [1.54, 1.807) is 4.68 Å². The Morgan fingerprint density at radius 2 is 2.04 bits per heavy atom. The first-order valence-corrected chi connectivity index (χ1v) is 9.28. The fraction of sp³-hybridized carbons (Fsp3) is 0.667. The standard InChI is InChI=1S/C15H21N7OS/c1-10-9-13(20(2)17-10)21-8-7-12(14(21)23)24-15-16-18-19-22(15)11-5-3-4-6-11/h9,11-12H,3-8H2,1-2H3/t12-/m0/s1. The van der Waals surface area contributed by atoms with Gasteiger partial charge in [-0.25, -0.2) is 4.68 Å². The molecule has 0 aromatic carbocycles. The fourth-order valence-corrected chi connectivity index (χ4v) is 4.69. The Morgan fingerprint density at radius 3 is 2.75 bits per heavy atom. The van der Waals surface area contributed by atoms with E-state index in [1.807, 2.05) is 29.6 Å². The monoisotopic (exact) mass is 347 g/mol. The molecule has 0 bridgehead atoms. The summed E-state index contributed by atoms with van der Waals surface area (Å²) in [4.78, 5) is 14.6. The van der Waals surface area contributed by atoms with Crippen molar-refractivity contribution in [2.24, 2.45) is 7.05 Å². The van der Waals surface area contributed by atoms with E-state index in [-0.39, 0.29) is 11.2 Å². The van der Waals surface area contributed by atoms with Crippen LogP contribution in [0.2, 0.25) is 0 Å². The van der Waals surface area contributed by atoms with Crippen LogP contribution in [-0.2, 0) is 11.8 Å². The molecule has 1 atom stereocenters. The summed E-state index contributed by atoms with van der Waals surface area (Å²) in [6.07, 6.45) is 5.50. The van der Waals surface area contributed by atoms with Crippen molar-refractivity contribution in [3.8, 4) is 0 Å². The van der Waals surface area contributed by atoms with Gasteiger partial charge in [0.05, 0.1) is 17.0 Å². The molecule has 1 saturated carbocycles. The van der Waals surface area contributed by atoms with Crippen LogP contribution in [0.25, 0.3) is 0 Å². The summed E-state index contributed by atoms with van der Waals surface area (Å²) in [7, 11) is 1.87. The minimum atomic E-state index is -0.133. The first-order valence-electron chi connectivity index (χ1n) is 8.40. The molecule has 128 valence electrons. The van der Waals surface area contributed by atoms with E-state index in [1.165, 1.54) is 24.6 Å². The molecule has 3 heterocycles. The minimum Gasteiger partial charge on any atom is -0.296 e. The van der Waals surface area contributed by atoms with Crippen LogP contribution in [0.4, 0.5) is 5.82 Å². The molecule has 24 heavy (non-hydrogen) atoms. The van der Waals surface area contributed by atoms with Crippen LogP contribution in [0.5, 0.6) is 0 Å². The van der Waals surface area contributed by atoms with E-state index < -0.39 is 0 Å². The third-order valence-electron chi connectivity index (χ3n) is 4.79. The number of hydrogen-bond acceptors (Lipinski definition) is 6. The molecule has 8 nitrogen and oxygen atoms in total. The summed E-state index contributed by atoms with van der Waals surface area (Å²) in [6.45, 7) is 2.65. The second-order valence-corrected chi connectivity index (χ2v) is 7.67. The molecule has 4 rings (SSSR count). The lowest BCUT2D eigenvalue weighted by molar-refractivity contribution is -0.116. The highest BCUT2D eigenvalue weighted by atomic mass is 32.2. The molecule has 0 spiro atoms. The third kappa shape index (κ3) is 2.70. The number of hydrogen-bond donors (Lipinski definition) is 0. The van der Waals surface area contributed by atoms with E-state index in [0.29, 0.717) is 12.6 Å². The van der Waals surface area contributed by atoms with Crippen LogP contribution >= 0.6 is 11.8 Å². The first-order chi connectivity index (χ1) is 11.6. The van der Waals surface area contributed by atoms with Gasteiger partial charge in [0.25, 0.3) is 0 Å². The summed E-state index contributed by atoms with van der Waals surface area (Å²) < 4.78 is 3.69. The lowest BCUT2D eigenvalue weighted by Gasteiger charge is -2.16. The lowest BCUT2D eigenvalue weighted by atomic mass is 10.3. The first kappa shape index (κ1) is 15.6. The molecule has 1 aliphatic heterocycles. The highest BCUT2D eigenvalue weighted by Gasteiger charge is 2.36. The zero-order valence-corrected chi connectivity index (χ0v) is 14.7. The van der Waals surface area contributed by atoms with Crippen molar-refractivity contribution in [2.45, 2.75) is 55.5 Å². The molecule has 2 aromatic heterocycles. The van der Waals surface area contributed by atoms with Gasteiger partial charge in [0.1, 0.15) is 5.82 Å². The van der Waals surface area contributed by atoms with Gasteiger partial charge in [-0.2, -0.15) is 5.10 Å². The van der Waals surface area contributed by atoms with Crippen LogP contribution in [0.1, 0.15) is 43.8 Å². The summed E-state index contributed by atoms with van der Waals surface area (Å²) in [5, 5.41) is 17.1. The maximum Gasteiger partial charge on any atom is 0.241 e. The summed E-state index contributed by atoms with van der Waals surface area (Å²) in [5.74, 6) is 0.972. The highest BCUT2D eigenvalue weighted by Crippen LogP contribution is 2.35. The normalized spacial score (nSPS) is 22.0. The Hall–Kier alpha value is -1.90. The van der Waals surface area contributed by atoms with Crippen molar-refractivity contribution in [2.75, 3.05) is 11.4 Å². The van der Waals surface area contributed by atoms with Crippen molar-refractivity contribution in [3.63, 3.8) is 0 Å². The number of carbonyl (C=O) groups is 1. The molecule has 0 unspecified atom stereocenters. The molecule has 1 amide bonds. The Morgan fingerprint density at radius 1 is 1.25 bits per heavy atom. The average molecular weight is 347 g/mol. The van der Waals surface area contributed by atoms with Crippen LogP contribution in [0, 0.1) is 6.92 Å². The van der Waals surface area contributed by atoms with Crippen molar-refractivity contribution in [1.82, 2.24) is 30.0 Å². The number of amides is 1. The predicted molar refractivity (Wildman–Crippen MR) is 89.9 cm³/mol. The zero-order chi connectivity index (χ0) is 16.7. The van der Waals surface area contributed by atoms with E-state index in [4.69, 9.17) is 0 Å². The fourth-order valence-electron chi connectivity index (χ4n) is 3.61. The summed E-state index contributed by atoms with van der Waals surface area (Å²) in [5.41, 5.74) is 0.918. The second-order valence-electron chi connectivity index (χ2n) is 6.50. The van der Waals surface area contributed by atoms with Crippen LogP contribution < -0.4 is 4.90 Å². The SMILES string of the molecule is Cc1cc(N2CC[C@H](Sc3nnnn3C3CCCC3)C2=O)n(C)n1. The Balaban J connectivity index is 1.50. The van der Waals surface area contributed by atoms with Gasteiger partial charge in [-0.1, -0.05) is 24.6 Å². The van der Waals surface area contributed by atoms with Crippen LogP contribution in [0.15, 0.2) is 11.2 Å². The highest BCUT2D eigenvalue weighted by molar-refractivity contribution is 8.00. The van der Waals surface area contributed by atoms with Crippen LogP contribution in [0.3, 0.4) is 0 Å². The third-order valence-corrected chi connectivity index (χ3v) is 5.99. The van der Waals surface area contributed by atoms with Gasteiger partial charge >= 0.3 is 0 Å². The van der Waals surface area contributed by atoms with Gasteiger partial charge < -0.3 is 0 Å². The number of rotatable bonds is 4. The van der Waals surface area contributed by atoms with E-state index in [0.717, 1.165) is 35.9 Å². The molecule has 2 aliphatic rings. The lowest BCUT2D eigenvalue weighted by Crippen LogP contribution is -2.30. The number of carbonyl (C=O) groups excluding carboxylic acids is 1. The van der Waals surface area contributed by atoms with Crippen molar-refractivity contribution in [1.29, 1.82) is 0 Å². The second kappa shape index (κ2) is 6.19. The molecule has 0 N–H and O–H groups in total. The van der Waals surface area contributed by atoms with Gasteiger partial charge in [-0.15, -0.1) is 5.10 Å². The number of aromatic nitrogens is 6. The van der Waals surface area contributed by atoms with Crippen LogP contribution in [-0.4, -0.2) is 47.7 Å². The Kier molecular flexibility index (Phi) is 4.03. The van der Waals surface area contributed by atoms with E-state index in [9.17, 15) is 4.79 Å². The maximum absolute atomic E-state index is 12.8. The van der Waals surface area contributed by atoms with E-state index in [2.05, 4.69) is 20.6 Å². The number of tetrazole rings is 1. The molecular weight excluding hydrogens is 326 g/mol. The summed E-state index contributed by atoms with van der Waals surface area (Å²) in [6, 6.07) is 2.34. The molecular formula is C15H21N7OS. The van der Waals surface area contributed by atoms with Gasteiger partial charge in [0.2, 0.25) is 11.1 Å². The Bertz CT molecular complexity index is 749. The molecule has 2 aromatic rings. The van der Waals surface area contributed by atoms with Crippen molar-refractivity contribution in [3.05, 3.63) is 11.8 Å². The summed E-state index contributed by atoms with van der Waals surface area (Å²) >= 11 is 1.50. The Labute approximate surface area is 144 Å². The quantitative estimate of drug-likeness (QED) is 0.838. The molecule has 9 heteroatoms. The van der Waals surface area contributed by atoms with Crippen molar-refractivity contribution < 1.29 is 4.79 Å². The van der Waals surface area contributed by atoms with Gasteiger partial charge in [-0.3, -0.25) is 14.4 Å². The number of anilines is 1. The van der Waals surface area contributed by atoms with Gasteiger partial charge in [-0.05, 0) is 36.6 Å². The zero-order valence-electron chi connectivity index (χ0n) is 13.9. The number of aryl methyl sites for hydroxylation is 2. The molecule has 1 saturated heterocycles. The number of nitrogens with zero attached hydrogens (tertiary/aromatic N) is 7. The molecule has 2 fully saturated rings. The maximum atomic E-state index is 12.8. The average Bonchev–Trinajstić information content (AvgIpc) is 3.30. The van der Waals surface area contributed by atoms with Gasteiger partial charge in [0, 0.05) is 19.7 Å². The van der Waals surface area contributed by atoms with E-state index >= 15 is 0 Å². The van der Waals surface area contributed by atoms with Gasteiger partial charge in [0.15, 0.2) is 0 Å². The minimum absolute atomic E-state index is 0.115. The number of thioether (sulfide) groups is 1. The molecule has 1 aliphatic carbocycles. The predicted octanol–water partition coefficient (Wildman–Crippen LogP) is 1.73. The largest absolute Gasteiger partial charge is 0.296 e.